The van der Waals surface area contributed by atoms with Crippen LogP contribution in [0.15, 0.2) is 30.3 Å². The number of hydrogen-bond acceptors (Lipinski definition) is 7. The number of nitrogens with one attached hydrogen (secondary N) is 3. The zero-order chi connectivity index (χ0) is 25.7. The molecule has 0 fully saturated rings. The first kappa shape index (κ1) is 29.0. The second-order valence-corrected chi connectivity index (χ2v) is 8.45. The highest BCUT2D eigenvalue weighted by atomic mass is 16.4. The molecule has 0 radical (unpaired) electrons. The number of aliphatic hydroxyl groups excluding tert-OH is 1. The molecule has 0 bridgehead atoms. The monoisotopic (exact) mass is 479 g/mol. The Labute approximate surface area is 199 Å². The summed E-state index contributed by atoms with van der Waals surface area (Å²) in [7, 11) is 0. The standard InChI is InChI=1S/C23H37N5O6/c1-14(2)19(25)22(32)28-18(13-29)21(31)27-17(12-15-8-4-3-5-9-15)20(30)26-16(23(33)34)10-6-7-11-24/h3-5,8-9,14,16-19,29H,6-7,10-13,24-25H2,1-2H3,(H,26,30)(H,27,31)(H,28,32)(H,33,34)/t16-,17-,18-,19-/m0/s1. The first-order valence-corrected chi connectivity index (χ1v) is 11.3. The van der Waals surface area contributed by atoms with E-state index in [0.717, 1.165) is 5.56 Å². The molecule has 0 aliphatic heterocycles. The fraction of sp³-hybridized carbons (Fsp3) is 0.565. The Kier molecular flexibility index (Phi) is 12.8. The second kappa shape index (κ2) is 15.0. The summed E-state index contributed by atoms with van der Waals surface area (Å²) in [6, 6.07) is 4.35. The summed E-state index contributed by atoms with van der Waals surface area (Å²) in [6.07, 6.45) is 1.39. The van der Waals surface area contributed by atoms with Gasteiger partial charge in [-0.15, -0.1) is 0 Å². The number of aliphatic carboxylic acids is 1. The van der Waals surface area contributed by atoms with Gasteiger partial charge in [0, 0.05) is 6.42 Å². The van der Waals surface area contributed by atoms with Gasteiger partial charge in [-0.25, -0.2) is 4.79 Å². The Morgan fingerprint density at radius 3 is 1.97 bits per heavy atom. The van der Waals surface area contributed by atoms with Gasteiger partial charge in [0.1, 0.15) is 18.1 Å². The van der Waals surface area contributed by atoms with E-state index in [9.17, 15) is 29.4 Å². The molecule has 34 heavy (non-hydrogen) atoms. The number of benzene rings is 1. The average Bonchev–Trinajstić information content (AvgIpc) is 2.81. The molecule has 0 unspecified atom stereocenters. The maximum atomic E-state index is 13.0. The lowest BCUT2D eigenvalue weighted by Crippen LogP contribution is -2.59. The lowest BCUT2D eigenvalue weighted by atomic mass is 10.0. The Morgan fingerprint density at radius 2 is 1.44 bits per heavy atom. The normalized spacial score (nSPS) is 14.5. The van der Waals surface area contributed by atoms with E-state index in [2.05, 4.69) is 16.0 Å². The quantitative estimate of drug-likeness (QED) is 0.153. The molecule has 0 aromatic heterocycles. The summed E-state index contributed by atoms with van der Waals surface area (Å²) in [6.45, 7) is 3.18. The van der Waals surface area contributed by atoms with Crippen molar-refractivity contribution in [3.05, 3.63) is 35.9 Å². The molecule has 0 aliphatic rings. The molecule has 1 rings (SSSR count). The van der Waals surface area contributed by atoms with Gasteiger partial charge in [0.15, 0.2) is 0 Å². The molecular weight excluding hydrogens is 442 g/mol. The van der Waals surface area contributed by atoms with Gasteiger partial charge in [-0.1, -0.05) is 44.2 Å². The summed E-state index contributed by atoms with van der Waals surface area (Å²) in [4.78, 5) is 49.6. The van der Waals surface area contributed by atoms with Gasteiger partial charge in [-0.3, -0.25) is 14.4 Å². The van der Waals surface area contributed by atoms with Crippen molar-refractivity contribution in [2.24, 2.45) is 17.4 Å². The van der Waals surface area contributed by atoms with E-state index < -0.39 is 54.5 Å². The van der Waals surface area contributed by atoms with Crippen molar-refractivity contribution in [1.29, 1.82) is 0 Å². The van der Waals surface area contributed by atoms with E-state index in [0.29, 0.717) is 19.4 Å². The third-order valence-corrected chi connectivity index (χ3v) is 5.31. The maximum absolute atomic E-state index is 13.0. The number of rotatable bonds is 15. The van der Waals surface area contributed by atoms with Crippen molar-refractivity contribution in [3.63, 3.8) is 0 Å². The summed E-state index contributed by atoms with van der Waals surface area (Å²) in [5.74, 6) is -3.49. The third-order valence-electron chi connectivity index (χ3n) is 5.31. The molecule has 3 amide bonds. The number of hydrogen-bond donors (Lipinski definition) is 7. The van der Waals surface area contributed by atoms with Crippen LogP contribution < -0.4 is 27.4 Å². The molecule has 0 saturated carbocycles. The van der Waals surface area contributed by atoms with Crippen LogP contribution in [0.25, 0.3) is 0 Å². The number of unbranched alkanes of at least 4 members (excludes halogenated alkanes) is 1. The fourth-order valence-corrected chi connectivity index (χ4v) is 3.12. The lowest BCUT2D eigenvalue weighted by Gasteiger charge is -2.25. The summed E-state index contributed by atoms with van der Waals surface area (Å²) in [5.41, 5.74) is 12.0. The molecule has 0 spiro atoms. The van der Waals surface area contributed by atoms with Crippen LogP contribution in [0.1, 0.15) is 38.7 Å². The molecule has 0 heterocycles. The Hall–Kier alpha value is -3.02. The number of aliphatic hydroxyl groups is 1. The van der Waals surface area contributed by atoms with Crippen LogP contribution in [-0.2, 0) is 25.6 Å². The van der Waals surface area contributed by atoms with Crippen molar-refractivity contribution >= 4 is 23.7 Å². The van der Waals surface area contributed by atoms with Crippen LogP contribution in [-0.4, -0.2) is 71.2 Å². The molecule has 1 aromatic rings. The number of carbonyl (C=O) groups is 4. The van der Waals surface area contributed by atoms with Crippen LogP contribution in [0.5, 0.6) is 0 Å². The van der Waals surface area contributed by atoms with Crippen molar-refractivity contribution in [3.8, 4) is 0 Å². The van der Waals surface area contributed by atoms with Gasteiger partial charge in [-0.2, -0.15) is 0 Å². The van der Waals surface area contributed by atoms with E-state index >= 15 is 0 Å². The minimum atomic E-state index is -1.33. The Bertz CT molecular complexity index is 804. The molecule has 0 aliphatic carbocycles. The van der Waals surface area contributed by atoms with Crippen LogP contribution >= 0.6 is 0 Å². The average molecular weight is 480 g/mol. The van der Waals surface area contributed by atoms with Gasteiger partial charge < -0.3 is 37.6 Å². The second-order valence-electron chi connectivity index (χ2n) is 8.45. The van der Waals surface area contributed by atoms with Crippen molar-refractivity contribution in [1.82, 2.24) is 16.0 Å². The zero-order valence-corrected chi connectivity index (χ0v) is 19.7. The van der Waals surface area contributed by atoms with Crippen LogP contribution in [0.2, 0.25) is 0 Å². The van der Waals surface area contributed by atoms with E-state index in [1.165, 1.54) is 0 Å². The molecule has 4 atom stereocenters. The molecule has 190 valence electrons. The summed E-state index contributed by atoms with van der Waals surface area (Å²) in [5, 5.41) is 26.5. The predicted octanol–water partition coefficient (Wildman–Crippen LogP) is -1.13. The number of nitrogens with two attached hydrogens (primary N) is 2. The van der Waals surface area contributed by atoms with Crippen LogP contribution in [0.4, 0.5) is 0 Å². The highest BCUT2D eigenvalue weighted by Gasteiger charge is 2.30. The smallest absolute Gasteiger partial charge is 0.326 e. The van der Waals surface area contributed by atoms with Crippen molar-refractivity contribution in [2.45, 2.75) is 63.7 Å². The van der Waals surface area contributed by atoms with Crippen molar-refractivity contribution in [2.75, 3.05) is 13.2 Å². The van der Waals surface area contributed by atoms with Crippen molar-refractivity contribution < 1.29 is 29.4 Å². The molecule has 1 aromatic carbocycles. The number of amides is 3. The van der Waals surface area contributed by atoms with E-state index in [1.807, 2.05) is 0 Å². The van der Waals surface area contributed by atoms with Gasteiger partial charge in [0.25, 0.3) is 0 Å². The first-order chi connectivity index (χ1) is 16.1. The Morgan fingerprint density at radius 1 is 0.882 bits per heavy atom. The van der Waals surface area contributed by atoms with E-state index in [1.54, 1.807) is 44.2 Å². The minimum Gasteiger partial charge on any atom is -0.480 e. The van der Waals surface area contributed by atoms with E-state index in [-0.39, 0.29) is 18.8 Å². The van der Waals surface area contributed by atoms with Crippen LogP contribution in [0.3, 0.4) is 0 Å². The van der Waals surface area contributed by atoms with Gasteiger partial charge >= 0.3 is 5.97 Å². The van der Waals surface area contributed by atoms with Gasteiger partial charge in [0.2, 0.25) is 17.7 Å². The van der Waals surface area contributed by atoms with Crippen LogP contribution in [0, 0.1) is 5.92 Å². The number of carbonyl (C=O) groups excluding carboxylic acids is 3. The molecule has 0 saturated heterocycles. The summed E-state index contributed by atoms with van der Waals surface area (Å²) >= 11 is 0. The lowest BCUT2D eigenvalue weighted by molar-refractivity contribution is -0.142. The first-order valence-electron chi connectivity index (χ1n) is 11.3. The predicted molar refractivity (Wildman–Crippen MR) is 126 cm³/mol. The molecule has 11 heteroatoms. The largest absolute Gasteiger partial charge is 0.480 e. The topological polar surface area (TPSA) is 197 Å². The molecule has 9 N–H and O–H groups in total. The highest BCUT2D eigenvalue weighted by Crippen LogP contribution is 2.07. The maximum Gasteiger partial charge on any atom is 0.326 e. The van der Waals surface area contributed by atoms with Gasteiger partial charge in [-0.05, 0) is 37.3 Å². The van der Waals surface area contributed by atoms with Gasteiger partial charge in [0.05, 0.1) is 12.6 Å². The zero-order valence-electron chi connectivity index (χ0n) is 19.7. The number of carboxylic acids is 1. The third kappa shape index (κ3) is 9.86. The minimum absolute atomic E-state index is 0.0746. The Balaban J connectivity index is 2.99. The highest BCUT2D eigenvalue weighted by molar-refractivity contribution is 5.94. The molecule has 11 nitrogen and oxygen atoms in total. The number of carboxylic acid groups (broad SMARTS) is 1. The van der Waals surface area contributed by atoms with E-state index in [4.69, 9.17) is 11.5 Å². The molecular formula is C23H37N5O6. The fourth-order valence-electron chi connectivity index (χ4n) is 3.12. The SMILES string of the molecule is CC(C)[C@H](N)C(=O)N[C@@H](CO)C(=O)N[C@@H](Cc1ccccc1)C(=O)N[C@@H](CCCCN)C(=O)O. The summed E-state index contributed by atoms with van der Waals surface area (Å²) < 4.78 is 0.